The molecular formula is C11H18O4. The average Bonchev–Trinajstić information content (AvgIpc) is 2.17. The van der Waals surface area contributed by atoms with Gasteiger partial charge < -0.3 is 14.2 Å². The molecule has 2 atom stereocenters. The maximum atomic E-state index is 10.8. The van der Waals surface area contributed by atoms with Crippen LogP contribution in [0.2, 0.25) is 0 Å². The van der Waals surface area contributed by atoms with E-state index in [-0.39, 0.29) is 5.97 Å². The van der Waals surface area contributed by atoms with Crippen LogP contribution in [0.5, 0.6) is 0 Å². The van der Waals surface area contributed by atoms with E-state index < -0.39 is 12.1 Å². The van der Waals surface area contributed by atoms with Crippen LogP contribution in [-0.4, -0.2) is 24.7 Å². The number of esters is 1. The summed E-state index contributed by atoms with van der Waals surface area (Å²) >= 11 is 0. The van der Waals surface area contributed by atoms with E-state index in [4.69, 9.17) is 14.2 Å². The molecule has 2 aliphatic rings. The van der Waals surface area contributed by atoms with Crippen LogP contribution in [-0.2, 0) is 19.0 Å². The lowest BCUT2D eigenvalue weighted by molar-refractivity contribution is -0.334. The van der Waals surface area contributed by atoms with E-state index in [1.807, 2.05) is 0 Å². The second-order valence-electron chi connectivity index (χ2n) is 4.27. The zero-order valence-corrected chi connectivity index (χ0v) is 9.16. The Labute approximate surface area is 89.9 Å². The molecule has 0 amide bonds. The van der Waals surface area contributed by atoms with Crippen molar-refractivity contribution in [1.29, 1.82) is 0 Å². The highest BCUT2D eigenvalue weighted by Crippen LogP contribution is 2.37. The Balaban J connectivity index is 1.93. The molecule has 86 valence electrons. The van der Waals surface area contributed by atoms with Gasteiger partial charge in [-0.3, -0.25) is 4.79 Å². The number of carbonyl (C=O) groups is 1. The quantitative estimate of drug-likeness (QED) is 0.626. The largest absolute Gasteiger partial charge is 0.436 e. The molecule has 2 rings (SSSR count). The molecule has 2 aliphatic heterocycles. The Morgan fingerprint density at radius 3 is 2.80 bits per heavy atom. The Kier molecular flexibility index (Phi) is 3.26. The molecule has 0 saturated carbocycles. The third-order valence-corrected chi connectivity index (χ3v) is 2.96. The fourth-order valence-corrected chi connectivity index (χ4v) is 2.28. The Bertz CT molecular complexity index is 227. The van der Waals surface area contributed by atoms with Gasteiger partial charge in [0.1, 0.15) is 0 Å². The summed E-state index contributed by atoms with van der Waals surface area (Å²) in [6, 6.07) is 0. The van der Waals surface area contributed by atoms with E-state index in [1.165, 1.54) is 6.92 Å². The number of hydrogen-bond donors (Lipinski definition) is 0. The maximum absolute atomic E-state index is 10.8. The normalized spacial score (nSPS) is 36.5. The molecule has 4 heteroatoms. The van der Waals surface area contributed by atoms with E-state index in [1.54, 1.807) is 0 Å². The third kappa shape index (κ3) is 2.69. The Morgan fingerprint density at radius 1 is 1.33 bits per heavy atom. The van der Waals surface area contributed by atoms with Gasteiger partial charge in [-0.15, -0.1) is 0 Å². The molecule has 0 N–H and O–H groups in total. The van der Waals surface area contributed by atoms with Crippen molar-refractivity contribution in [3.8, 4) is 0 Å². The summed E-state index contributed by atoms with van der Waals surface area (Å²) in [6.45, 7) is 2.17. The van der Waals surface area contributed by atoms with Gasteiger partial charge >= 0.3 is 5.97 Å². The van der Waals surface area contributed by atoms with Gasteiger partial charge in [-0.1, -0.05) is 0 Å². The molecule has 2 heterocycles. The molecule has 0 aliphatic carbocycles. The maximum Gasteiger partial charge on any atom is 0.304 e. The highest BCUT2D eigenvalue weighted by Gasteiger charge is 2.40. The SMILES string of the molecule is CC(=O)OC1CCCC2(CCCCO2)O1. The first kappa shape index (κ1) is 10.9. The summed E-state index contributed by atoms with van der Waals surface area (Å²) in [7, 11) is 0. The number of ether oxygens (including phenoxy) is 3. The lowest BCUT2D eigenvalue weighted by Gasteiger charge is -2.42. The van der Waals surface area contributed by atoms with Gasteiger partial charge in [-0.2, -0.15) is 0 Å². The molecular weight excluding hydrogens is 196 g/mol. The molecule has 2 fully saturated rings. The standard InChI is InChI=1S/C11H18O4/c1-9(12)14-10-5-4-7-11(15-10)6-2-3-8-13-11/h10H,2-8H2,1H3. The van der Waals surface area contributed by atoms with Crippen molar-refractivity contribution in [2.45, 2.75) is 57.5 Å². The molecule has 0 aromatic heterocycles. The van der Waals surface area contributed by atoms with E-state index in [0.717, 1.165) is 45.1 Å². The molecule has 0 radical (unpaired) electrons. The van der Waals surface area contributed by atoms with Crippen LogP contribution in [0.3, 0.4) is 0 Å². The summed E-state index contributed by atoms with van der Waals surface area (Å²) in [4.78, 5) is 10.8. The van der Waals surface area contributed by atoms with Gasteiger partial charge in [0.25, 0.3) is 0 Å². The van der Waals surface area contributed by atoms with Crippen LogP contribution in [0.15, 0.2) is 0 Å². The summed E-state index contributed by atoms with van der Waals surface area (Å²) in [5.74, 6) is -0.746. The molecule has 1 spiro atoms. The highest BCUT2D eigenvalue weighted by molar-refractivity contribution is 5.66. The molecule has 4 nitrogen and oxygen atoms in total. The first-order chi connectivity index (χ1) is 7.20. The number of rotatable bonds is 1. The second kappa shape index (κ2) is 4.49. The van der Waals surface area contributed by atoms with Crippen LogP contribution in [0.4, 0.5) is 0 Å². The van der Waals surface area contributed by atoms with Crippen LogP contribution in [0, 0.1) is 0 Å². The molecule has 2 unspecified atom stereocenters. The lowest BCUT2D eigenvalue weighted by Crippen LogP contribution is -2.46. The van der Waals surface area contributed by atoms with Gasteiger partial charge in [-0.25, -0.2) is 0 Å². The predicted molar refractivity (Wildman–Crippen MR) is 53.0 cm³/mol. The summed E-state index contributed by atoms with van der Waals surface area (Å²) in [6.07, 6.45) is 5.45. The van der Waals surface area contributed by atoms with Gasteiger partial charge in [0.05, 0.1) is 6.61 Å². The minimum Gasteiger partial charge on any atom is -0.436 e. The molecule has 2 saturated heterocycles. The van der Waals surface area contributed by atoms with Crippen molar-refractivity contribution in [2.75, 3.05) is 6.61 Å². The van der Waals surface area contributed by atoms with Gasteiger partial charge in [0.15, 0.2) is 5.79 Å². The van der Waals surface area contributed by atoms with Gasteiger partial charge in [-0.05, 0) is 19.3 Å². The fraction of sp³-hybridized carbons (Fsp3) is 0.909. The van der Waals surface area contributed by atoms with Crippen LogP contribution < -0.4 is 0 Å². The average molecular weight is 214 g/mol. The smallest absolute Gasteiger partial charge is 0.304 e. The number of carbonyl (C=O) groups excluding carboxylic acids is 1. The van der Waals surface area contributed by atoms with Gasteiger partial charge in [0.2, 0.25) is 6.29 Å². The zero-order chi connectivity index (χ0) is 10.7. The fourth-order valence-electron chi connectivity index (χ4n) is 2.28. The topological polar surface area (TPSA) is 44.8 Å². The van der Waals surface area contributed by atoms with Crippen molar-refractivity contribution in [2.24, 2.45) is 0 Å². The Morgan fingerprint density at radius 2 is 2.13 bits per heavy atom. The zero-order valence-electron chi connectivity index (χ0n) is 9.16. The van der Waals surface area contributed by atoms with Crippen molar-refractivity contribution in [1.82, 2.24) is 0 Å². The summed E-state index contributed by atoms with van der Waals surface area (Å²) in [5, 5.41) is 0. The highest BCUT2D eigenvalue weighted by atomic mass is 16.8. The van der Waals surface area contributed by atoms with Crippen molar-refractivity contribution in [3.63, 3.8) is 0 Å². The van der Waals surface area contributed by atoms with Crippen molar-refractivity contribution in [3.05, 3.63) is 0 Å². The van der Waals surface area contributed by atoms with Crippen molar-refractivity contribution < 1.29 is 19.0 Å². The molecule has 0 aromatic rings. The van der Waals surface area contributed by atoms with E-state index in [9.17, 15) is 4.79 Å². The third-order valence-electron chi connectivity index (χ3n) is 2.96. The first-order valence-electron chi connectivity index (χ1n) is 5.69. The minimum absolute atomic E-state index is 0.284. The summed E-state index contributed by atoms with van der Waals surface area (Å²) in [5.41, 5.74) is 0. The van der Waals surface area contributed by atoms with E-state index in [2.05, 4.69) is 0 Å². The van der Waals surface area contributed by atoms with Gasteiger partial charge in [0, 0.05) is 26.2 Å². The predicted octanol–water partition coefficient (Wildman–Crippen LogP) is 1.97. The second-order valence-corrected chi connectivity index (χ2v) is 4.27. The van der Waals surface area contributed by atoms with Crippen molar-refractivity contribution >= 4 is 5.97 Å². The molecule has 0 bridgehead atoms. The Hall–Kier alpha value is -0.610. The molecule has 0 aromatic carbocycles. The van der Waals surface area contributed by atoms with Crippen LogP contribution in [0.25, 0.3) is 0 Å². The first-order valence-corrected chi connectivity index (χ1v) is 5.69. The van der Waals surface area contributed by atoms with E-state index in [0.29, 0.717) is 0 Å². The summed E-state index contributed by atoms with van der Waals surface area (Å²) < 4.78 is 16.5. The minimum atomic E-state index is -0.462. The van der Waals surface area contributed by atoms with Crippen LogP contribution >= 0.6 is 0 Å². The van der Waals surface area contributed by atoms with E-state index >= 15 is 0 Å². The monoisotopic (exact) mass is 214 g/mol. The molecule has 15 heavy (non-hydrogen) atoms. The lowest BCUT2D eigenvalue weighted by atomic mass is 9.97. The van der Waals surface area contributed by atoms with Crippen LogP contribution in [0.1, 0.15) is 45.4 Å². The number of hydrogen-bond acceptors (Lipinski definition) is 4.